The SMILES string of the molecule is Fc1ccc(-c2nccc3[nH]c(-c4n[nH]c5cnc(-c6cncc(CN7CCCCC7)c6)cc45)nc23)s1. The van der Waals surface area contributed by atoms with Crippen molar-refractivity contribution in [3.8, 4) is 33.3 Å². The fraction of sp³-hybridized carbons (Fsp3) is 0.222. The van der Waals surface area contributed by atoms with Crippen molar-refractivity contribution < 1.29 is 4.39 Å². The first-order valence-electron chi connectivity index (χ1n) is 12.3. The molecule has 10 heteroatoms. The van der Waals surface area contributed by atoms with Gasteiger partial charge in [0.15, 0.2) is 11.0 Å². The summed E-state index contributed by atoms with van der Waals surface area (Å²) in [5, 5.41) is 8.26. The number of imidazole rings is 1. The van der Waals surface area contributed by atoms with Crippen LogP contribution >= 0.6 is 11.3 Å². The van der Waals surface area contributed by atoms with Crippen molar-refractivity contribution in [1.82, 2.24) is 40.0 Å². The van der Waals surface area contributed by atoms with E-state index in [0.717, 1.165) is 63.5 Å². The van der Waals surface area contributed by atoms with Crippen molar-refractivity contribution in [2.24, 2.45) is 0 Å². The number of nitrogens with zero attached hydrogens (tertiary/aromatic N) is 6. The molecule has 7 heterocycles. The van der Waals surface area contributed by atoms with E-state index in [9.17, 15) is 4.39 Å². The van der Waals surface area contributed by atoms with Gasteiger partial charge in [-0.15, -0.1) is 11.3 Å². The summed E-state index contributed by atoms with van der Waals surface area (Å²) in [5.74, 6) is 0.613. The van der Waals surface area contributed by atoms with E-state index in [1.54, 1.807) is 18.5 Å². The number of halogens is 1. The molecule has 7 rings (SSSR count). The van der Waals surface area contributed by atoms with E-state index in [1.807, 2.05) is 24.5 Å². The molecule has 0 unspecified atom stereocenters. The van der Waals surface area contributed by atoms with E-state index in [1.165, 1.54) is 30.9 Å². The Bertz CT molecular complexity index is 1730. The highest BCUT2D eigenvalue weighted by atomic mass is 32.1. The molecule has 0 bridgehead atoms. The van der Waals surface area contributed by atoms with Gasteiger partial charge in [-0.1, -0.05) is 6.42 Å². The lowest BCUT2D eigenvalue weighted by molar-refractivity contribution is 0.220. The lowest BCUT2D eigenvalue weighted by Crippen LogP contribution is -2.29. The van der Waals surface area contributed by atoms with E-state index >= 15 is 0 Å². The predicted octanol–water partition coefficient (Wildman–Crippen LogP) is 5.81. The van der Waals surface area contributed by atoms with E-state index in [4.69, 9.17) is 4.98 Å². The molecule has 0 radical (unpaired) electrons. The van der Waals surface area contributed by atoms with Gasteiger partial charge >= 0.3 is 0 Å². The number of nitrogens with one attached hydrogen (secondary N) is 2. The van der Waals surface area contributed by atoms with Crippen molar-refractivity contribution >= 4 is 33.3 Å². The molecule has 1 saturated heterocycles. The highest BCUT2D eigenvalue weighted by molar-refractivity contribution is 7.13. The molecule has 1 aliphatic heterocycles. The molecule has 0 amide bonds. The molecule has 1 aliphatic rings. The second-order valence-corrected chi connectivity index (χ2v) is 10.4. The molecule has 6 aromatic heterocycles. The van der Waals surface area contributed by atoms with Crippen LogP contribution in [0.4, 0.5) is 4.39 Å². The Labute approximate surface area is 215 Å². The maximum Gasteiger partial charge on any atom is 0.177 e. The molecule has 0 saturated carbocycles. The Kier molecular flexibility index (Phi) is 5.48. The second kappa shape index (κ2) is 9.13. The molecule has 2 N–H and O–H groups in total. The summed E-state index contributed by atoms with van der Waals surface area (Å²) in [4.78, 5) is 25.0. The first-order valence-corrected chi connectivity index (χ1v) is 13.1. The average Bonchev–Trinajstić information content (AvgIpc) is 3.66. The van der Waals surface area contributed by atoms with Crippen LogP contribution in [-0.4, -0.2) is 53.1 Å². The third-order valence-electron chi connectivity index (χ3n) is 6.82. The van der Waals surface area contributed by atoms with Crippen molar-refractivity contribution in [2.75, 3.05) is 13.1 Å². The topological polar surface area (TPSA) is 99.3 Å². The van der Waals surface area contributed by atoms with Gasteiger partial charge in [0.05, 0.1) is 27.8 Å². The number of rotatable bonds is 5. The number of pyridine rings is 3. The molecule has 184 valence electrons. The minimum atomic E-state index is -0.252. The molecular formula is C27H23FN8S. The van der Waals surface area contributed by atoms with Crippen LogP contribution in [-0.2, 0) is 6.54 Å². The van der Waals surface area contributed by atoms with Gasteiger partial charge in [0.2, 0.25) is 0 Å². The number of aromatic amines is 2. The minimum absolute atomic E-state index is 0.252. The Balaban J connectivity index is 1.26. The summed E-state index contributed by atoms with van der Waals surface area (Å²) in [6.45, 7) is 3.19. The van der Waals surface area contributed by atoms with Crippen LogP contribution < -0.4 is 0 Å². The van der Waals surface area contributed by atoms with Gasteiger partial charge in [0.1, 0.15) is 16.9 Å². The Morgan fingerprint density at radius 3 is 2.73 bits per heavy atom. The van der Waals surface area contributed by atoms with Gasteiger partial charge in [-0.05, 0) is 61.8 Å². The van der Waals surface area contributed by atoms with E-state index < -0.39 is 0 Å². The largest absolute Gasteiger partial charge is 0.336 e. The standard InChI is InChI=1S/C27H23FN8S/c28-23-5-4-22(37-23)26-25-19(6-7-30-26)32-27(33-25)24-18-11-20(31-14-21(18)34-35-24)17-10-16(12-29-13-17)15-36-8-2-1-3-9-36/h4-7,10-14H,1-3,8-9,15H2,(H,32,33)(H,34,35). The fourth-order valence-electron chi connectivity index (χ4n) is 5.01. The zero-order chi connectivity index (χ0) is 24.8. The Morgan fingerprint density at radius 1 is 0.946 bits per heavy atom. The molecule has 1 fully saturated rings. The van der Waals surface area contributed by atoms with E-state index in [0.29, 0.717) is 22.7 Å². The predicted molar refractivity (Wildman–Crippen MR) is 142 cm³/mol. The van der Waals surface area contributed by atoms with E-state index in [-0.39, 0.29) is 5.13 Å². The van der Waals surface area contributed by atoms with Crippen LogP contribution in [0.2, 0.25) is 0 Å². The van der Waals surface area contributed by atoms with Crippen LogP contribution in [0.25, 0.3) is 55.3 Å². The highest BCUT2D eigenvalue weighted by Gasteiger charge is 2.18. The van der Waals surface area contributed by atoms with Crippen LogP contribution in [0, 0.1) is 5.13 Å². The van der Waals surface area contributed by atoms with Gasteiger partial charge in [0.25, 0.3) is 0 Å². The zero-order valence-electron chi connectivity index (χ0n) is 19.9. The maximum atomic E-state index is 13.7. The molecule has 6 aromatic rings. The van der Waals surface area contributed by atoms with Gasteiger partial charge in [-0.25, -0.2) is 4.98 Å². The van der Waals surface area contributed by atoms with Gasteiger partial charge in [-0.2, -0.15) is 9.49 Å². The van der Waals surface area contributed by atoms with Crippen LogP contribution in [0.3, 0.4) is 0 Å². The molecule has 37 heavy (non-hydrogen) atoms. The number of thiophene rings is 1. The summed E-state index contributed by atoms with van der Waals surface area (Å²) >= 11 is 1.05. The normalized spacial score (nSPS) is 14.6. The average molecular weight is 511 g/mol. The number of H-pyrrole nitrogens is 2. The summed E-state index contributed by atoms with van der Waals surface area (Å²) in [6, 6.07) is 9.23. The summed E-state index contributed by atoms with van der Waals surface area (Å²) in [7, 11) is 0. The zero-order valence-corrected chi connectivity index (χ0v) is 20.7. The first-order chi connectivity index (χ1) is 18.2. The third-order valence-corrected chi connectivity index (χ3v) is 7.71. The maximum absolute atomic E-state index is 13.7. The summed E-state index contributed by atoms with van der Waals surface area (Å²) < 4.78 is 13.7. The molecule has 0 atom stereocenters. The number of hydrogen-bond acceptors (Lipinski definition) is 7. The quantitative estimate of drug-likeness (QED) is 0.304. The number of likely N-dealkylation sites (tertiary alicyclic amines) is 1. The highest BCUT2D eigenvalue weighted by Crippen LogP contribution is 2.33. The van der Waals surface area contributed by atoms with Crippen LogP contribution in [0.15, 0.2) is 55.1 Å². The minimum Gasteiger partial charge on any atom is -0.336 e. The number of hydrogen-bond donors (Lipinski definition) is 2. The lowest BCUT2D eigenvalue weighted by atomic mass is 10.1. The van der Waals surface area contributed by atoms with Crippen molar-refractivity contribution in [3.63, 3.8) is 0 Å². The van der Waals surface area contributed by atoms with Crippen molar-refractivity contribution in [1.29, 1.82) is 0 Å². The molecule has 8 nitrogen and oxygen atoms in total. The number of fused-ring (bicyclic) bond motifs is 2. The lowest BCUT2D eigenvalue weighted by Gasteiger charge is -2.26. The molecule has 0 aromatic carbocycles. The Hall–Kier alpha value is -4.02. The van der Waals surface area contributed by atoms with Gasteiger partial charge < -0.3 is 4.98 Å². The van der Waals surface area contributed by atoms with Gasteiger partial charge in [0, 0.05) is 36.1 Å². The molecular weight excluding hydrogens is 487 g/mol. The summed E-state index contributed by atoms with van der Waals surface area (Å²) in [6.07, 6.45) is 11.1. The number of aromatic nitrogens is 7. The van der Waals surface area contributed by atoms with Crippen LogP contribution in [0.1, 0.15) is 24.8 Å². The van der Waals surface area contributed by atoms with Crippen molar-refractivity contribution in [3.05, 3.63) is 65.8 Å². The number of piperidine rings is 1. The summed E-state index contributed by atoms with van der Waals surface area (Å²) in [5.41, 5.74) is 6.64. The Morgan fingerprint density at radius 2 is 1.86 bits per heavy atom. The third kappa shape index (κ3) is 4.17. The van der Waals surface area contributed by atoms with E-state index in [2.05, 4.69) is 41.1 Å². The van der Waals surface area contributed by atoms with Gasteiger partial charge in [-0.3, -0.25) is 25.0 Å². The molecule has 0 spiro atoms. The van der Waals surface area contributed by atoms with Crippen LogP contribution in [0.5, 0.6) is 0 Å². The smallest absolute Gasteiger partial charge is 0.177 e. The monoisotopic (exact) mass is 510 g/mol. The second-order valence-electron chi connectivity index (χ2n) is 9.35. The van der Waals surface area contributed by atoms with Crippen molar-refractivity contribution in [2.45, 2.75) is 25.8 Å². The molecule has 0 aliphatic carbocycles. The first kappa shape index (κ1) is 22.2. The fourth-order valence-corrected chi connectivity index (χ4v) is 5.74.